The fourth-order valence-corrected chi connectivity index (χ4v) is 4.19. The Morgan fingerprint density at radius 2 is 1.81 bits per heavy atom. The van der Waals surface area contributed by atoms with E-state index in [2.05, 4.69) is 47.6 Å². The van der Waals surface area contributed by atoms with Crippen LogP contribution in [-0.2, 0) is 4.79 Å². The zero-order valence-electron chi connectivity index (χ0n) is 16.6. The Bertz CT molecular complexity index is 662. The third-order valence-electron chi connectivity index (χ3n) is 5.99. The first-order valence-corrected chi connectivity index (χ1v) is 10.3. The normalized spacial score (nSPS) is 19.0. The highest BCUT2D eigenvalue weighted by Gasteiger charge is 2.24. The number of urea groups is 1. The number of quaternary nitrogens is 1. The molecular weight excluding hydrogens is 340 g/mol. The van der Waals surface area contributed by atoms with Gasteiger partial charge in [-0.2, -0.15) is 0 Å². The van der Waals surface area contributed by atoms with Gasteiger partial charge >= 0.3 is 6.03 Å². The average molecular weight is 374 g/mol. The number of aryl methyl sites for hydroxylation is 1. The number of rotatable bonds is 4. The van der Waals surface area contributed by atoms with E-state index in [0.717, 1.165) is 51.9 Å². The maximum atomic E-state index is 12.2. The van der Waals surface area contributed by atoms with Crippen LogP contribution in [0.4, 0.5) is 10.5 Å². The predicted octanol–water partition coefficient (Wildman–Crippen LogP) is 1.17. The van der Waals surface area contributed by atoms with Gasteiger partial charge in [0.25, 0.3) is 5.91 Å². The summed E-state index contributed by atoms with van der Waals surface area (Å²) in [6.07, 6.45) is 5.61. The van der Waals surface area contributed by atoms with E-state index in [4.69, 9.17) is 0 Å². The zero-order valence-corrected chi connectivity index (χ0v) is 16.6. The number of nitrogens with zero attached hydrogens (tertiary/aromatic N) is 1. The fourth-order valence-electron chi connectivity index (χ4n) is 4.19. The van der Waals surface area contributed by atoms with E-state index in [1.54, 1.807) is 0 Å². The summed E-state index contributed by atoms with van der Waals surface area (Å²) in [6, 6.07) is 6.31. The molecule has 1 aromatic rings. The van der Waals surface area contributed by atoms with Gasteiger partial charge < -0.3 is 15.1 Å². The molecule has 2 fully saturated rings. The molecule has 27 heavy (non-hydrogen) atoms. The molecule has 0 atom stereocenters. The van der Waals surface area contributed by atoms with Gasteiger partial charge in [0, 0.05) is 11.7 Å². The van der Waals surface area contributed by atoms with Crippen molar-refractivity contribution in [1.82, 2.24) is 10.6 Å². The van der Waals surface area contributed by atoms with Gasteiger partial charge in [-0.05, 0) is 43.9 Å². The largest absolute Gasteiger partial charge is 0.360 e. The first-order valence-electron chi connectivity index (χ1n) is 10.3. The SMILES string of the molecule is Cc1cccc(N2CC[NH+](CC(=O)NC(=O)NC3CCCCC3)CC2)c1C. The number of carbonyl (C=O) groups is 2. The molecule has 1 heterocycles. The summed E-state index contributed by atoms with van der Waals surface area (Å²) < 4.78 is 0. The van der Waals surface area contributed by atoms with E-state index in [0.29, 0.717) is 6.54 Å². The summed E-state index contributed by atoms with van der Waals surface area (Å²) in [5.41, 5.74) is 3.94. The first-order chi connectivity index (χ1) is 13.0. The maximum absolute atomic E-state index is 12.2. The molecule has 0 unspecified atom stereocenters. The van der Waals surface area contributed by atoms with Crippen LogP contribution in [-0.4, -0.2) is 50.7 Å². The van der Waals surface area contributed by atoms with Crippen LogP contribution >= 0.6 is 0 Å². The van der Waals surface area contributed by atoms with E-state index in [9.17, 15) is 9.59 Å². The standard InChI is InChI=1S/C21H32N4O2/c1-16-7-6-10-19(17(16)2)25-13-11-24(12-14-25)15-20(26)23-21(27)22-18-8-4-3-5-9-18/h6-7,10,18H,3-5,8-9,11-15H2,1-2H3,(H2,22,23,26,27)/p+1. The van der Waals surface area contributed by atoms with E-state index in [-0.39, 0.29) is 18.0 Å². The van der Waals surface area contributed by atoms with Crippen LogP contribution in [0.2, 0.25) is 0 Å². The smallest absolute Gasteiger partial charge is 0.321 e. The lowest BCUT2D eigenvalue weighted by Crippen LogP contribution is -3.16. The quantitative estimate of drug-likeness (QED) is 0.742. The minimum atomic E-state index is -0.333. The molecule has 0 aromatic heterocycles. The van der Waals surface area contributed by atoms with E-state index in [1.165, 1.54) is 28.1 Å². The van der Waals surface area contributed by atoms with E-state index < -0.39 is 0 Å². The van der Waals surface area contributed by atoms with Crippen molar-refractivity contribution in [3.63, 3.8) is 0 Å². The van der Waals surface area contributed by atoms with Crippen LogP contribution in [0.25, 0.3) is 0 Å². The Morgan fingerprint density at radius 1 is 1.11 bits per heavy atom. The van der Waals surface area contributed by atoms with Crippen LogP contribution in [0.1, 0.15) is 43.2 Å². The van der Waals surface area contributed by atoms with Crippen molar-refractivity contribution < 1.29 is 14.5 Å². The van der Waals surface area contributed by atoms with E-state index in [1.807, 2.05) is 0 Å². The molecule has 148 valence electrons. The summed E-state index contributed by atoms with van der Waals surface area (Å²) >= 11 is 0. The summed E-state index contributed by atoms with van der Waals surface area (Å²) in [6.45, 7) is 8.35. The van der Waals surface area contributed by atoms with Crippen molar-refractivity contribution in [2.24, 2.45) is 0 Å². The lowest BCUT2D eigenvalue weighted by atomic mass is 9.96. The molecule has 1 saturated carbocycles. The van der Waals surface area contributed by atoms with Gasteiger partial charge in [0.1, 0.15) is 0 Å². The van der Waals surface area contributed by atoms with Crippen LogP contribution in [0, 0.1) is 13.8 Å². The maximum Gasteiger partial charge on any atom is 0.321 e. The van der Waals surface area contributed by atoms with Crippen LogP contribution in [0.15, 0.2) is 18.2 Å². The van der Waals surface area contributed by atoms with Gasteiger partial charge in [-0.15, -0.1) is 0 Å². The minimum Gasteiger partial charge on any atom is -0.360 e. The van der Waals surface area contributed by atoms with Crippen molar-refractivity contribution in [2.75, 3.05) is 37.6 Å². The lowest BCUT2D eigenvalue weighted by molar-refractivity contribution is -0.892. The number of amides is 3. The Labute approximate surface area is 162 Å². The van der Waals surface area contributed by atoms with Crippen molar-refractivity contribution in [3.8, 4) is 0 Å². The second kappa shape index (κ2) is 9.22. The number of nitrogens with one attached hydrogen (secondary N) is 3. The molecule has 6 heteroatoms. The molecule has 0 radical (unpaired) electrons. The number of hydrogen-bond donors (Lipinski definition) is 3. The second-order valence-corrected chi connectivity index (χ2v) is 7.99. The van der Waals surface area contributed by atoms with Crippen LogP contribution < -0.4 is 20.4 Å². The number of hydrogen-bond acceptors (Lipinski definition) is 3. The van der Waals surface area contributed by atoms with Gasteiger partial charge in [-0.25, -0.2) is 4.79 Å². The molecule has 1 aromatic carbocycles. The van der Waals surface area contributed by atoms with E-state index >= 15 is 0 Å². The molecule has 2 aliphatic rings. The highest BCUT2D eigenvalue weighted by Crippen LogP contribution is 2.22. The monoisotopic (exact) mass is 373 g/mol. The topological polar surface area (TPSA) is 65.9 Å². The van der Waals surface area contributed by atoms with Crippen molar-refractivity contribution >= 4 is 17.6 Å². The number of benzene rings is 1. The molecule has 1 saturated heterocycles. The van der Waals surface area contributed by atoms with Gasteiger partial charge in [-0.1, -0.05) is 31.4 Å². The summed E-state index contributed by atoms with van der Waals surface area (Å²) in [7, 11) is 0. The molecule has 1 aliphatic carbocycles. The number of piperazine rings is 1. The number of anilines is 1. The third kappa shape index (κ3) is 5.45. The second-order valence-electron chi connectivity index (χ2n) is 7.99. The first kappa shape index (κ1) is 19.7. The Balaban J connectivity index is 1.41. The van der Waals surface area contributed by atoms with Gasteiger partial charge in [0.2, 0.25) is 0 Å². The van der Waals surface area contributed by atoms with Crippen molar-refractivity contribution in [2.45, 2.75) is 52.0 Å². The predicted molar refractivity (Wildman–Crippen MR) is 107 cm³/mol. The Kier molecular flexibility index (Phi) is 6.72. The molecule has 3 amide bonds. The molecule has 6 nitrogen and oxygen atoms in total. The minimum absolute atomic E-state index is 0.182. The van der Waals surface area contributed by atoms with Gasteiger partial charge in [0.15, 0.2) is 6.54 Å². The van der Waals surface area contributed by atoms with Gasteiger partial charge in [0.05, 0.1) is 26.2 Å². The number of carbonyl (C=O) groups excluding carboxylic acids is 2. The van der Waals surface area contributed by atoms with Crippen LogP contribution in [0.5, 0.6) is 0 Å². The molecule has 1 aliphatic heterocycles. The average Bonchev–Trinajstić information content (AvgIpc) is 2.65. The third-order valence-corrected chi connectivity index (χ3v) is 5.99. The molecule has 0 bridgehead atoms. The fraction of sp³-hybridized carbons (Fsp3) is 0.619. The highest BCUT2D eigenvalue weighted by molar-refractivity contribution is 5.94. The summed E-state index contributed by atoms with van der Waals surface area (Å²) in [4.78, 5) is 27.9. The van der Waals surface area contributed by atoms with Crippen LogP contribution in [0.3, 0.4) is 0 Å². The lowest BCUT2D eigenvalue weighted by Gasteiger charge is -2.34. The summed E-state index contributed by atoms with van der Waals surface area (Å²) in [5, 5.41) is 5.45. The summed E-state index contributed by atoms with van der Waals surface area (Å²) in [5.74, 6) is -0.182. The number of imide groups is 1. The Hall–Kier alpha value is -2.08. The van der Waals surface area contributed by atoms with Crippen molar-refractivity contribution in [1.29, 1.82) is 0 Å². The van der Waals surface area contributed by atoms with Crippen molar-refractivity contribution in [3.05, 3.63) is 29.3 Å². The molecule has 3 rings (SSSR count). The molecular formula is C21H33N4O2+. The molecule has 0 spiro atoms. The van der Waals surface area contributed by atoms with Gasteiger partial charge in [-0.3, -0.25) is 10.1 Å². The molecule has 3 N–H and O–H groups in total. The zero-order chi connectivity index (χ0) is 19.2. The Morgan fingerprint density at radius 3 is 2.52 bits per heavy atom. The highest BCUT2D eigenvalue weighted by atomic mass is 16.2.